The zero-order chi connectivity index (χ0) is 18.4. The molecule has 0 aromatic carbocycles. The number of hydrogen-bond acceptors (Lipinski definition) is 1. The Morgan fingerprint density at radius 2 is 1.09 bits per heavy atom. The molecule has 0 N–H and O–H groups in total. The third kappa shape index (κ3) is 2.89. The van der Waals surface area contributed by atoms with Gasteiger partial charge in [0.05, 0.1) is 0 Å². The number of carbonyl (C=O) groups is 1. The molecule has 0 saturated carbocycles. The lowest BCUT2D eigenvalue weighted by Crippen LogP contribution is -2.66. The van der Waals surface area contributed by atoms with Crippen LogP contribution < -0.4 is 0 Å². The largest absolute Gasteiger partial charge is 0.460 e. The molecule has 0 aromatic heterocycles. The first-order valence-electron chi connectivity index (χ1n) is 4.80. The van der Waals surface area contributed by atoms with Crippen molar-refractivity contribution in [2.24, 2.45) is 0 Å². The molecule has 0 unspecified atom stereocenters. The first-order chi connectivity index (χ1) is 9.34. The van der Waals surface area contributed by atoms with Gasteiger partial charge in [0.25, 0.3) is 0 Å². The van der Waals surface area contributed by atoms with Gasteiger partial charge in [0, 0.05) is 6.08 Å². The molecule has 13 heteroatoms. The topological polar surface area (TPSA) is 17.1 Å². The minimum atomic E-state index is -7.70. The van der Waals surface area contributed by atoms with Crippen LogP contribution in [-0.2, 0) is 4.79 Å². The standard InChI is InChI=1S/C9H4F12O/c1-3(22)2-4(10)5(11,12)6(13,14)7(15,16)8(17,18)9(19,20)21/h2H,1H3/b4-2-. The summed E-state index contributed by atoms with van der Waals surface area (Å²) in [6.07, 6.45) is -8.27. The summed E-state index contributed by atoms with van der Waals surface area (Å²) in [5.74, 6) is -34.9. The number of ketones is 1. The van der Waals surface area contributed by atoms with E-state index in [0.29, 0.717) is 6.92 Å². The molecule has 0 amide bonds. The van der Waals surface area contributed by atoms with Crippen LogP contribution in [-0.4, -0.2) is 35.6 Å². The molecule has 22 heavy (non-hydrogen) atoms. The van der Waals surface area contributed by atoms with Crippen molar-refractivity contribution in [1.29, 1.82) is 0 Å². The molecule has 0 fully saturated rings. The zero-order valence-corrected chi connectivity index (χ0v) is 10.0. The molecule has 0 aliphatic heterocycles. The summed E-state index contributed by atoms with van der Waals surface area (Å²) in [6, 6.07) is 0. The number of halogens is 12. The lowest BCUT2D eigenvalue weighted by atomic mass is 9.97. The first kappa shape index (κ1) is 20.6. The van der Waals surface area contributed by atoms with Crippen molar-refractivity contribution in [3.05, 3.63) is 11.9 Å². The van der Waals surface area contributed by atoms with Crippen molar-refractivity contribution in [3.8, 4) is 0 Å². The smallest absolute Gasteiger partial charge is 0.295 e. The third-order valence-electron chi connectivity index (χ3n) is 2.17. The Hall–Kier alpha value is -1.43. The lowest BCUT2D eigenvalue weighted by Gasteiger charge is -2.36. The second-order valence-electron chi connectivity index (χ2n) is 3.90. The van der Waals surface area contributed by atoms with Gasteiger partial charge in [-0.2, -0.15) is 48.3 Å². The number of carbonyl (C=O) groups excluding carboxylic acids is 1. The Bertz CT molecular complexity index is 471. The molecule has 130 valence electrons. The highest BCUT2D eigenvalue weighted by molar-refractivity contribution is 5.87. The SMILES string of the molecule is CC(=O)/C=C(\F)C(F)(F)C(F)(F)C(F)(F)C(F)(F)C(F)(F)F. The van der Waals surface area contributed by atoms with Crippen molar-refractivity contribution >= 4 is 5.78 Å². The van der Waals surface area contributed by atoms with E-state index in [9.17, 15) is 57.5 Å². The fraction of sp³-hybridized carbons (Fsp3) is 0.667. The van der Waals surface area contributed by atoms with Gasteiger partial charge in [-0.1, -0.05) is 0 Å². The molecule has 0 aromatic rings. The van der Waals surface area contributed by atoms with Crippen LogP contribution in [0, 0.1) is 0 Å². The molecule has 0 aliphatic carbocycles. The van der Waals surface area contributed by atoms with Crippen LogP contribution in [0.25, 0.3) is 0 Å². The molecular formula is C9H4F12O. The Labute approximate surface area is 113 Å². The van der Waals surface area contributed by atoms with E-state index in [1.807, 2.05) is 0 Å². The summed E-state index contributed by atoms with van der Waals surface area (Å²) < 4.78 is 149. The predicted molar refractivity (Wildman–Crippen MR) is 45.7 cm³/mol. The highest BCUT2D eigenvalue weighted by Crippen LogP contribution is 2.58. The maximum Gasteiger partial charge on any atom is 0.460 e. The van der Waals surface area contributed by atoms with Crippen LogP contribution in [0.3, 0.4) is 0 Å². The van der Waals surface area contributed by atoms with Crippen LogP contribution >= 0.6 is 0 Å². The van der Waals surface area contributed by atoms with Gasteiger partial charge in [-0.15, -0.1) is 0 Å². The van der Waals surface area contributed by atoms with E-state index in [1.165, 1.54) is 0 Å². The van der Waals surface area contributed by atoms with Crippen molar-refractivity contribution in [2.75, 3.05) is 0 Å². The minimum absolute atomic E-state index is 0.302. The molecular weight excluding hydrogens is 352 g/mol. The van der Waals surface area contributed by atoms with E-state index in [4.69, 9.17) is 0 Å². The average molecular weight is 356 g/mol. The molecule has 0 rings (SSSR count). The van der Waals surface area contributed by atoms with Crippen LogP contribution in [0.4, 0.5) is 52.7 Å². The van der Waals surface area contributed by atoms with Gasteiger partial charge in [0.2, 0.25) is 0 Å². The van der Waals surface area contributed by atoms with Crippen molar-refractivity contribution < 1.29 is 57.5 Å². The highest BCUT2D eigenvalue weighted by atomic mass is 19.4. The fourth-order valence-corrected chi connectivity index (χ4v) is 0.991. The summed E-state index contributed by atoms with van der Waals surface area (Å²) in [4.78, 5) is 10.2. The van der Waals surface area contributed by atoms with Crippen LogP contribution in [0.15, 0.2) is 11.9 Å². The maximum atomic E-state index is 12.8. The Kier molecular flexibility index (Phi) is 4.99. The molecule has 0 radical (unpaired) electrons. The molecule has 0 aliphatic rings. The second kappa shape index (κ2) is 5.33. The molecule has 0 saturated heterocycles. The maximum absolute atomic E-state index is 12.8. The zero-order valence-electron chi connectivity index (χ0n) is 10.0. The Balaban J connectivity index is 6.17. The monoisotopic (exact) mass is 356 g/mol. The van der Waals surface area contributed by atoms with E-state index in [1.54, 1.807) is 0 Å². The number of alkyl halides is 11. The number of rotatable bonds is 5. The summed E-state index contributed by atoms with van der Waals surface area (Å²) >= 11 is 0. The van der Waals surface area contributed by atoms with Gasteiger partial charge >= 0.3 is 29.9 Å². The second-order valence-corrected chi connectivity index (χ2v) is 3.90. The predicted octanol–water partition coefficient (Wildman–Crippen LogP) is 4.53. The van der Waals surface area contributed by atoms with E-state index in [0.717, 1.165) is 0 Å². The quantitative estimate of drug-likeness (QED) is 0.523. The molecule has 0 heterocycles. The molecule has 0 atom stereocenters. The van der Waals surface area contributed by atoms with Gasteiger partial charge in [-0.05, 0) is 6.92 Å². The Morgan fingerprint density at radius 3 is 1.36 bits per heavy atom. The van der Waals surface area contributed by atoms with Crippen LogP contribution in [0.2, 0.25) is 0 Å². The highest BCUT2D eigenvalue weighted by Gasteiger charge is 2.87. The van der Waals surface area contributed by atoms with Crippen molar-refractivity contribution in [1.82, 2.24) is 0 Å². The van der Waals surface area contributed by atoms with E-state index >= 15 is 0 Å². The number of hydrogen-bond donors (Lipinski definition) is 0. The van der Waals surface area contributed by atoms with Crippen LogP contribution in [0.5, 0.6) is 0 Å². The third-order valence-corrected chi connectivity index (χ3v) is 2.17. The van der Waals surface area contributed by atoms with E-state index in [-0.39, 0.29) is 0 Å². The molecule has 1 nitrogen and oxygen atoms in total. The van der Waals surface area contributed by atoms with Crippen LogP contribution in [0.1, 0.15) is 6.92 Å². The van der Waals surface area contributed by atoms with E-state index < -0.39 is 47.6 Å². The summed E-state index contributed by atoms with van der Waals surface area (Å²) in [6.45, 7) is 0.302. The summed E-state index contributed by atoms with van der Waals surface area (Å²) in [5, 5.41) is 0. The van der Waals surface area contributed by atoms with Gasteiger partial charge in [0.1, 0.15) is 0 Å². The fourth-order valence-electron chi connectivity index (χ4n) is 0.991. The molecule has 0 spiro atoms. The molecule has 0 bridgehead atoms. The van der Waals surface area contributed by atoms with E-state index in [2.05, 4.69) is 0 Å². The first-order valence-corrected chi connectivity index (χ1v) is 4.80. The summed E-state index contributed by atoms with van der Waals surface area (Å²) in [7, 11) is 0. The van der Waals surface area contributed by atoms with Gasteiger partial charge in [-0.3, -0.25) is 4.79 Å². The Morgan fingerprint density at radius 1 is 0.727 bits per heavy atom. The summed E-state index contributed by atoms with van der Waals surface area (Å²) in [5.41, 5.74) is 0. The lowest BCUT2D eigenvalue weighted by molar-refractivity contribution is -0.419. The van der Waals surface area contributed by atoms with Gasteiger partial charge in [0.15, 0.2) is 11.6 Å². The van der Waals surface area contributed by atoms with Crippen molar-refractivity contribution in [2.45, 2.75) is 36.8 Å². The normalized spacial score (nSPS) is 16.0. The van der Waals surface area contributed by atoms with Crippen molar-refractivity contribution in [3.63, 3.8) is 0 Å². The average Bonchev–Trinajstić information content (AvgIpc) is 2.25. The number of allylic oxidation sites excluding steroid dienone is 2. The van der Waals surface area contributed by atoms with Gasteiger partial charge in [-0.25, -0.2) is 4.39 Å². The van der Waals surface area contributed by atoms with Gasteiger partial charge < -0.3 is 0 Å². The minimum Gasteiger partial charge on any atom is -0.295 e.